The molecular weight excluding hydrogens is 196 g/mol. The Balaban J connectivity index is 3.50. The molecule has 0 amide bonds. The van der Waals surface area contributed by atoms with Gasteiger partial charge in [0, 0.05) is 12.8 Å². The molecule has 0 spiro atoms. The van der Waals surface area contributed by atoms with Gasteiger partial charge in [0.2, 0.25) is 0 Å². The van der Waals surface area contributed by atoms with Gasteiger partial charge in [0.25, 0.3) is 0 Å². The van der Waals surface area contributed by atoms with Crippen molar-refractivity contribution in [3.8, 4) is 0 Å². The highest BCUT2D eigenvalue weighted by Crippen LogP contribution is 2.04. The first kappa shape index (κ1) is 9.82. The van der Waals surface area contributed by atoms with Crippen LogP contribution in [-0.2, 0) is 9.59 Å². The van der Waals surface area contributed by atoms with E-state index in [0.717, 1.165) is 0 Å². The Labute approximate surface area is 69.1 Å². The van der Waals surface area contributed by atoms with Crippen LogP contribution in [0.1, 0.15) is 26.7 Å². The molecule has 0 aromatic rings. The van der Waals surface area contributed by atoms with E-state index in [9.17, 15) is 9.59 Å². The highest BCUT2D eigenvalue weighted by atomic mass is 79.9. The summed E-state index contributed by atoms with van der Waals surface area (Å²) >= 11 is 3.13. The number of ketones is 2. The number of halogens is 1. The lowest BCUT2D eigenvalue weighted by Crippen LogP contribution is -2.10. The summed E-state index contributed by atoms with van der Waals surface area (Å²) in [5, 5.41) is 0. The summed E-state index contributed by atoms with van der Waals surface area (Å²) in [6.07, 6.45) is 0.733. The van der Waals surface area contributed by atoms with Crippen LogP contribution in [-0.4, -0.2) is 16.4 Å². The zero-order chi connectivity index (χ0) is 8.15. The van der Waals surface area contributed by atoms with Crippen LogP contribution < -0.4 is 0 Å². The van der Waals surface area contributed by atoms with Crippen molar-refractivity contribution in [3.63, 3.8) is 0 Å². The second kappa shape index (κ2) is 4.61. The summed E-state index contributed by atoms with van der Waals surface area (Å²) in [4.78, 5) is 21.1. The topological polar surface area (TPSA) is 34.1 Å². The maximum Gasteiger partial charge on any atom is 0.146 e. The minimum absolute atomic E-state index is 0.0708. The van der Waals surface area contributed by atoms with Crippen molar-refractivity contribution in [2.75, 3.05) is 0 Å². The molecule has 0 N–H and O–H groups in total. The molecule has 0 saturated heterocycles. The molecule has 0 aromatic carbocycles. The number of Topliss-reactive ketones (excluding diaryl/α,β-unsaturated/α-hetero) is 2. The van der Waals surface area contributed by atoms with Crippen molar-refractivity contribution in [3.05, 3.63) is 0 Å². The van der Waals surface area contributed by atoms with E-state index in [4.69, 9.17) is 0 Å². The lowest BCUT2D eigenvalue weighted by atomic mass is 10.1. The van der Waals surface area contributed by atoms with Crippen LogP contribution in [0.5, 0.6) is 0 Å². The fraction of sp³-hybridized carbons (Fsp3) is 0.714. The molecule has 0 aromatic heterocycles. The van der Waals surface area contributed by atoms with Gasteiger partial charge in [-0.1, -0.05) is 15.9 Å². The fourth-order valence-corrected chi connectivity index (χ4v) is 0.727. The van der Waals surface area contributed by atoms with E-state index in [1.807, 2.05) is 0 Å². The molecule has 1 unspecified atom stereocenters. The molecule has 0 aliphatic rings. The van der Waals surface area contributed by atoms with Crippen LogP contribution in [0.15, 0.2) is 0 Å². The molecule has 0 fully saturated rings. The molecule has 0 bridgehead atoms. The van der Waals surface area contributed by atoms with Gasteiger partial charge in [0.15, 0.2) is 0 Å². The van der Waals surface area contributed by atoms with E-state index in [-0.39, 0.29) is 16.4 Å². The third-order valence-corrected chi connectivity index (χ3v) is 1.68. The van der Waals surface area contributed by atoms with E-state index in [2.05, 4.69) is 15.9 Å². The average molecular weight is 207 g/mol. The SMILES string of the molecule is CC(=O)CCC(=O)C(C)Br. The number of alkyl halides is 1. The maximum atomic E-state index is 10.8. The number of rotatable bonds is 4. The lowest BCUT2D eigenvalue weighted by molar-refractivity contribution is -0.122. The second-order valence-corrected chi connectivity index (χ2v) is 3.66. The Morgan fingerprint density at radius 1 is 1.40 bits per heavy atom. The Bertz CT molecular complexity index is 141. The smallest absolute Gasteiger partial charge is 0.146 e. The van der Waals surface area contributed by atoms with E-state index in [1.165, 1.54) is 6.92 Å². The summed E-state index contributed by atoms with van der Waals surface area (Å²) in [6.45, 7) is 3.26. The molecule has 10 heavy (non-hydrogen) atoms. The maximum absolute atomic E-state index is 10.8. The third kappa shape index (κ3) is 4.68. The first-order valence-corrected chi connectivity index (χ1v) is 4.12. The van der Waals surface area contributed by atoms with Gasteiger partial charge in [-0.25, -0.2) is 0 Å². The highest BCUT2D eigenvalue weighted by Gasteiger charge is 2.08. The van der Waals surface area contributed by atoms with Gasteiger partial charge in [-0.15, -0.1) is 0 Å². The number of carbonyl (C=O) groups excluding carboxylic acids is 2. The van der Waals surface area contributed by atoms with Crippen LogP contribution in [0.25, 0.3) is 0 Å². The molecule has 58 valence electrons. The van der Waals surface area contributed by atoms with E-state index in [1.54, 1.807) is 6.92 Å². The van der Waals surface area contributed by atoms with Crippen LogP contribution >= 0.6 is 15.9 Å². The third-order valence-electron chi connectivity index (χ3n) is 1.17. The molecule has 0 heterocycles. The molecular formula is C7H11BrO2. The average Bonchev–Trinajstić information content (AvgIpc) is 1.82. The highest BCUT2D eigenvalue weighted by molar-refractivity contribution is 9.10. The minimum atomic E-state index is -0.119. The molecule has 0 rings (SSSR count). The van der Waals surface area contributed by atoms with Crippen molar-refractivity contribution in [1.82, 2.24) is 0 Å². The van der Waals surface area contributed by atoms with Crippen LogP contribution in [0.3, 0.4) is 0 Å². The minimum Gasteiger partial charge on any atom is -0.300 e. The summed E-state index contributed by atoms with van der Waals surface area (Å²) in [5.74, 6) is 0.164. The first-order chi connectivity index (χ1) is 4.54. The normalized spacial score (nSPS) is 12.7. The summed E-state index contributed by atoms with van der Waals surface area (Å²) in [6, 6.07) is 0. The first-order valence-electron chi connectivity index (χ1n) is 3.20. The van der Waals surface area contributed by atoms with Crippen molar-refractivity contribution in [2.24, 2.45) is 0 Å². The molecule has 0 aliphatic heterocycles. The summed E-state index contributed by atoms with van der Waals surface area (Å²) in [5.41, 5.74) is 0. The van der Waals surface area contributed by atoms with E-state index in [0.29, 0.717) is 12.8 Å². The number of hydrogen-bond donors (Lipinski definition) is 0. The van der Waals surface area contributed by atoms with E-state index >= 15 is 0 Å². The van der Waals surface area contributed by atoms with Gasteiger partial charge in [-0.05, 0) is 13.8 Å². The molecule has 0 radical (unpaired) electrons. The molecule has 1 atom stereocenters. The Morgan fingerprint density at radius 3 is 2.20 bits per heavy atom. The van der Waals surface area contributed by atoms with Gasteiger partial charge in [0.1, 0.15) is 11.6 Å². The Kier molecular flexibility index (Phi) is 4.52. The molecule has 2 nitrogen and oxygen atoms in total. The largest absolute Gasteiger partial charge is 0.300 e. The standard InChI is InChI=1S/C7H11BrO2/c1-5(9)3-4-7(10)6(2)8/h6H,3-4H2,1-2H3. The zero-order valence-electron chi connectivity index (χ0n) is 6.19. The lowest BCUT2D eigenvalue weighted by Gasteiger charge is -1.98. The summed E-state index contributed by atoms with van der Waals surface area (Å²) < 4.78 is 0. The van der Waals surface area contributed by atoms with Crippen molar-refractivity contribution < 1.29 is 9.59 Å². The van der Waals surface area contributed by atoms with Gasteiger partial charge in [-0.3, -0.25) is 4.79 Å². The molecule has 3 heteroatoms. The fourth-order valence-electron chi connectivity index (χ4n) is 0.498. The van der Waals surface area contributed by atoms with Gasteiger partial charge in [-0.2, -0.15) is 0 Å². The van der Waals surface area contributed by atoms with Crippen molar-refractivity contribution in [2.45, 2.75) is 31.5 Å². The Hall–Kier alpha value is -0.180. The van der Waals surface area contributed by atoms with Gasteiger partial charge >= 0.3 is 0 Å². The number of carbonyl (C=O) groups is 2. The van der Waals surface area contributed by atoms with Crippen LogP contribution in [0, 0.1) is 0 Å². The Morgan fingerprint density at radius 2 is 1.90 bits per heavy atom. The van der Waals surface area contributed by atoms with Gasteiger partial charge < -0.3 is 4.79 Å². The number of hydrogen-bond acceptors (Lipinski definition) is 2. The van der Waals surface area contributed by atoms with Crippen LogP contribution in [0.4, 0.5) is 0 Å². The molecule has 0 aliphatic carbocycles. The predicted molar refractivity (Wildman–Crippen MR) is 43.3 cm³/mol. The monoisotopic (exact) mass is 206 g/mol. The predicted octanol–water partition coefficient (Wildman–Crippen LogP) is 1.71. The molecule has 0 saturated carbocycles. The quantitative estimate of drug-likeness (QED) is 0.657. The second-order valence-electron chi connectivity index (χ2n) is 2.28. The van der Waals surface area contributed by atoms with Gasteiger partial charge in [0.05, 0.1) is 4.83 Å². The van der Waals surface area contributed by atoms with Crippen LogP contribution in [0.2, 0.25) is 0 Å². The van der Waals surface area contributed by atoms with Crippen molar-refractivity contribution >= 4 is 27.5 Å². The van der Waals surface area contributed by atoms with Crippen molar-refractivity contribution in [1.29, 1.82) is 0 Å². The summed E-state index contributed by atoms with van der Waals surface area (Å²) in [7, 11) is 0. The van der Waals surface area contributed by atoms with E-state index < -0.39 is 0 Å². The zero-order valence-corrected chi connectivity index (χ0v) is 7.77.